The van der Waals surface area contributed by atoms with Crippen molar-refractivity contribution in [2.24, 2.45) is 0 Å². The number of hydrogen-bond donors (Lipinski definition) is 1. The number of aromatic hydroxyl groups is 1. The lowest BCUT2D eigenvalue weighted by atomic mass is 10.2. The highest BCUT2D eigenvalue weighted by molar-refractivity contribution is 14.1. The molecule has 122 valence electrons. The smallest absolute Gasteiger partial charge is 0.298 e. The molecule has 8 heteroatoms. The molecule has 2 amide bonds. The number of phenolic OH excluding ortho intramolecular Hbond substituents is 1. The molecule has 0 atom stereocenters. The first-order valence-electron chi connectivity index (χ1n) is 6.58. The third-order valence-electron chi connectivity index (χ3n) is 3.22. The van der Waals surface area contributed by atoms with Crippen molar-refractivity contribution in [3.63, 3.8) is 0 Å². The molecule has 1 aliphatic rings. The number of thioether (sulfide) groups is 1. The fourth-order valence-electron chi connectivity index (χ4n) is 2.12. The van der Waals surface area contributed by atoms with Crippen LogP contribution in [0.5, 0.6) is 5.75 Å². The van der Waals surface area contributed by atoms with Crippen LogP contribution in [-0.2, 0) is 4.79 Å². The van der Waals surface area contributed by atoms with Crippen LogP contribution in [0.3, 0.4) is 0 Å². The maximum absolute atomic E-state index is 12.6. The molecule has 24 heavy (non-hydrogen) atoms. The summed E-state index contributed by atoms with van der Waals surface area (Å²) in [6.45, 7) is 0. The van der Waals surface area contributed by atoms with Crippen molar-refractivity contribution < 1.29 is 14.7 Å². The van der Waals surface area contributed by atoms with Gasteiger partial charge in [-0.2, -0.15) is 0 Å². The fraction of sp³-hybridized carbons (Fsp3) is 0. The normalized spacial score (nSPS) is 16.3. The summed E-state index contributed by atoms with van der Waals surface area (Å²) in [5, 5.41) is 10.3. The summed E-state index contributed by atoms with van der Waals surface area (Å²) >= 11 is 12.0. The van der Waals surface area contributed by atoms with Crippen molar-refractivity contribution >= 4 is 84.8 Å². The minimum atomic E-state index is -0.429. The summed E-state index contributed by atoms with van der Waals surface area (Å²) in [4.78, 5) is 26.1. The van der Waals surface area contributed by atoms with Gasteiger partial charge in [-0.05, 0) is 76.8 Å². The molecule has 1 saturated heterocycles. The molecule has 1 heterocycles. The van der Waals surface area contributed by atoms with Crippen molar-refractivity contribution in [1.82, 2.24) is 0 Å². The van der Waals surface area contributed by atoms with Gasteiger partial charge in [-0.3, -0.25) is 9.59 Å². The molecule has 1 aliphatic heterocycles. The van der Waals surface area contributed by atoms with Crippen molar-refractivity contribution in [2.45, 2.75) is 0 Å². The lowest BCUT2D eigenvalue weighted by Gasteiger charge is -2.12. The van der Waals surface area contributed by atoms with E-state index in [0.717, 1.165) is 21.1 Å². The summed E-state index contributed by atoms with van der Waals surface area (Å²) in [6.07, 6.45) is 1.52. The van der Waals surface area contributed by atoms with Crippen molar-refractivity contribution in [3.8, 4) is 5.75 Å². The fourth-order valence-corrected chi connectivity index (χ4v) is 4.63. The minimum Gasteiger partial charge on any atom is -0.506 e. The average molecular weight is 537 g/mol. The SMILES string of the molecule is O=C1S/C(=C\c2cc(Br)cc(I)c2O)C(=O)N1c1ccc(Cl)cc1. The molecule has 1 fully saturated rings. The number of nitrogens with zero attached hydrogens (tertiary/aromatic N) is 1. The molecule has 1 N–H and O–H groups in total. The Morgan fingerprint density at radius 1 is 1.21 bits per heavy atom. The number of imide groups is 1. The number of carbonyl (C=O) groups excluding carboxylic acids is 2. The number of carbonyl (C=O) groups is 2. The summed E-state index contributed by atoms with van der Waals surface area (Å²) in [6, 6.07) is 9.90. The lowest BCUT2D eigenvalue weighted by Crippen LogP contribution is -2.27. The Morgan fingerprint density at radius 3 is 2.54 bits per heavy atom. The first-order chi connectivity index (χ1) is 11.4. The van der Waals surface area contributed by atoms with Crippen LogP contribution < -0.4 is 4.90 Å². The van der Waals surface area contributed by atoms with Gasteiger partial charge in [-0.15, -0.1) is 0 Å². The molecule has 0 bridgehead atoms. The Bertz CT molecular complexity index is 886. The standard InChI is InChI=1S/C16H8BrClINO3S/c17-9-5-8(14(21)12(19)7-9)6-13-15(22)20(16(23)24-13)11-3-1-10(18)2-4-11/h1-7,21H/b13-6-. The molecule has 3 rings (SSSR count). The Morgan fingerprint density at radius 2 is 1.88 bits per heavy atom. The molecular formula is C16H8BrClINO3S. The van der Waals surface area contributed by atoms with Gasteiger partial charge >= 0.3 is 0 Å². The average Bonchev–Trinajstić information content (AvgIpc) is 2.80. The Kier molecular flexibility index (Phi) is 5.24. The molecule has 0 aromatic heterocycles. The maximum atomic E-state index is 12.6. The predicted octanol–water partition coefficient (Wildman–Crippen LogP) is 5.65. The Labute approximate surface area is 169 Å². The first-order valence-corrected chi connectivity index (χ1v) is 9.65. The van der Waals surface area contributed by atoms with Gasteiger partial charge in [0.1, 0.15) is 5.75 Å². The van der Waals surface area contributed by atoms with Crippen LogP contribution in [-0.4, -0.2) is 16.3 Å². The van der Waals surface area contributed by atoms with E-state index < -0.39 is 11.1 Å². The van der Waals surface area contributed by atoms with Crippen LogP contribution in [0.25, 0.3) is 6.08 Å². The number of halogens is 3. The molecule has 0 unspecified atom stereocenters. The summed E-state index contributed by atoms with van der Waals surface area (Å²) in [5.74, 6) is -0.362. The lowest BCUT2D eigenvalue weighted by molar-refractivity contribution is -0.113. The van der Waals surface area contributed by atoms with Gasteiger partial charge in [0, 0.05) is 15.1 Å². The number of benzene rings is 2. The molecule has 0 saturated carbocycles. The zero-order chi connectivity index (χ0) is 17.4. The van der Waals surface area contributed by atoms with E-state index in [1.165, 1.54) is 6.08 Å². The quantitative estimate of drug-likeness (QED) is 0.398. The van der Waals surface area contributed by atoms with Gasteiger partial charge in [0.05, 0.1) is 14.2 Å². The van der Waals surface area contributed by atoms with E-state index in [0.29, 0.717) is 19.8 Å². The van der Waals surface area contributed by atoms with Gasteiger partial charge in [0.25, 0.3) is 11.1 Å². The molecule has 2 aromatic rings. The van der Waals surface area contributed by atoms with Gasteiger partial charge in [0.15, 0.2) is 0 Å². The van der Waals surface area contributed by atoms with E-state index in [1.807, 2.05) is 22.6 Å². The van der Waals surface area contributed by atoms with E-state index in [1.54, 1.807) is 36.4 Å². The molecule has 2 aromatic carbocycles. The topological polar surface area (TPSA) is 57.6 Å². The summed E-state index contributed by atoms with van der Waals surface area (Å²) in [7, 11) is 0. The van der Waals surface area contributed by atoms with Crippen LogP contribution >= 0.6 is 61.9 Å². The van der Waals surface area contributed by atoms with E-state index in [9.17, 15) is 14.7 Å². The van der Waals surface area contributed by atoms with Crippen molar-refractivity contribution in [2.75, 3.05) is 4.90 Å². The van der Waals surface area contributed by atoms with Crippen LogP contribution in [0, 0.1) is 3.57 Å². The van der Waals surface area contributed by atoms with Gasteiger partial charge < -0.3 is 5.11 Å². The van der Waals surface area contributed by atoms with Gasteiger partial charge in [0.2, 0.25) is 0 Å². The molecule has 0 aliphatic carbocycles. The van der Waals surface area contributed by atoms with Crippen LogP contribution in [0.1, 0.15) is 5.56 Å². The van der Waals surface area contributed by atoms with Gasteiger partial charge in [-0.1, -0.05) is 27.5 Å². The number of rotatable bonds is 2. The molecule has 4 nitrogen and oxygen atoms in total. The number of phenols is 1. The second kappa shape index (κ2) is 7.07. The largest absolute Gasteiger partial charge is 0.506 e. The Balaban J connectivity index is 1.98. The van der Waals surface area contributed by atoms with Crippen molar-refractivity contribution in [1.29, 1.82) is 0 Å². The zero-order valence-electron chi connectivity index (χ0n) is 11.8. The highest BCUT2D eigenvalue weighted by Crippen LogP contribution is 2.38. The van der Waals surface area contributed by atoms with E-state index in [4.69, 9.17) is 11.6 Å². The third kappa shape index (κ3) is 3.49. The van der Waals surface area contributed by atoms with Crippen LogP contribution in [0.2, 0.25) is 5.02 Å². The molecular weight excluding hydrogens is 529 g/mol. The predicted molar refractivity (Wildman–Crippen MR) is 108 cm³/mol. The highest BCUT2D eigenvalue weighted by atomic mass is 127. The minimum absolute atomic E-state index is 0.0668. The molecule has 0 radical (unpaired) electrons. The van der Waals surface area contributed by atoms with Crippen LogP contribution in [0.4, 0.5) is 10.5 Å². The van der Waals surface area contributed by atoms with Crippen molar-refractivity contribution in [3.05, 3.63) is 59.9 Å². The monoisotopic (exact) mass is 535 g/mol. The molecule has 0 spiro atoms. The van der Waals surface area contributed by atoms with Gasteiger partial charge in [-0.25, -0.2) is 4.90 Å². The third-order valence-corrected chi connectivity index (χ3v) is 5.62. The number of anilines is 1. The second-order valence-electron chi connectivity index (χ2n) is 4.82. The number of hydrogen-bond acceptors (Lipinski definition) is 4. The van der Waals surface area contributed by atoms with E-state index in [-0.39, 0.29) is 10.7 Å². The summed E-state index contributed by atoms with van der Waals surface area (Å²) in [5.41, 5.74) is 0.925. The second-order valence-corrected chi connectivity index (χ2v) is 8.33. The maximum Gasteiger partial charge on any atom is 0.298 e. The summed E-state index contributed by atoms with van der Waals surface area (Å²) < 4.78 is 1.41. The zero-order valence-corrected chi connectivity index (χ0v) is 17.1. The highest BCUT2D eigenvalue weighted by Gasteiger charge is 2.36. The first kappa shape index (κ1) is 17.8. The van der Waals surface area contributed by atoms with Crippen LogP contribution in [0.15, 0.2) is 45.8 Å². The Hall–Kier alpha value is -1.03. The van der Waals surface area contributed by atoms with E-state index >= 15 is 0 Å². The van der Waals surface area contributed by atoms with E-state index in [2.05, 4.69) is 15.9 Å². The number of amides is 2.